The number of hydrogen-bond donors (Lipinski definition) is 1. The van der Waals surface area contributed by atoms with E-state index in [2.05, 4.69) is 24.6 Å². The molecule has 3 nitrogen and oxygen atoms in total. The first-order valence-corrected chi connectivity index (χ1v) is 9.21. The van der Waals surface area contributed by atoms with Gasteiger partial charge in [0.05, 0.1) is 0 Å². The highest BCUT2D eigenvalue weighted by Crippen LogP contribution is 2.21. The van der Waals surface area contributed by atoms with Gasteiger partial charge in [0.1, 0.15) is 5.75 Å². The molecule has 0 saturated carbocycles. The van der Waals surface area contributed by atoms with Crippen LogP contribution in [0.1, 0.15) is 42.9 Å². The zero-order valence-electron chi connectivity index (χ0n) is 14.6. The van der Waals surface area contributed by atoms with Gasteiger partial charge >= 0.3 is 6.09 Å². The minimum atomic E-state index is -0.460. The predicted molar refractivity (Wildman–Crippen MR) is 101 cm³/mol. The second kappa shape index (κ2) is 9.38. The molecular formula is C20H25NO2S. The summed E-state index contributed by atoms with van der Waals surface area (Å²) in [5, 5.41) is 0. The molecule has 0 atom stereocenters. The number of rotatable bonds is 7. The van der Waals surface area contributed by atoms with E-state index >= 15 is 0 Å². The second-order valence-electron chi connectivity index (χ2n) is 5.96. The molecule has 2 aromatic rings. The fourth-order valence-electron chi connectivity index (χ4n) is 2.44. The molecule has 4 heteroatoms. The van der Waals surface area contributed by atoms with Crippen LogP contribution in [0.4, 0.5) is 4.79 Å². The van der Waals surface area contributed by atoms with Crippen LogP contribution in [0, 0.1) is 13.8 Å². The first kappa shape index (κ1) is 18.4. The molecule has 0 saturated heterocycles. The fourth-order valence-corrected chi connectivity index (χ4v) is 3.03. The fraction of sp³-hybridized carbons (Fsp3) is 0.350. The Morgan fingerprint density at radius 3 is 2.50 bits per heavy atom. The third-order valence-electron chi connectivity index (χ3n) is 3.78. The summed E-state index contributed by atoms with van der Waals surface area (Å²) in [7, 11) is 0. The topological polar surface area (TPSA) is 38.3 Å². The van der Waals surface area contributed by atoms with Gasteiger partial charge in [-0.1, -0.05) is 49.6 Å². The van der Waals surface area contributed by atoms with Crippen molar-refractivity contribution in [2.45, 2.75) is 51.3 Å². The van der Waals surface area contributed by atoms with Gasteiger partial charge in [-0.2, -0.15) is 0 Å². The molecule has 0 aromatic heterocycles. The van der Waals surface area contributed by atoms with E-state index in [1.165, 1.54) is 42.3 Å². The molecule has 0 spiro atoms. The molecule has 0 fully saturated rings. The van der Waals surface area contributed by atoms with E-state index < -0.39 is 6.09 Å². The molecule has 0 radical (unpaired) electrons. The maximum atomic E-state index is 11.9. The Hall–Kier alpha value is -1.94. The molecule has 0 aliphatic rings. The summed E-state index contributed by atoms with van der Waals surface area (Å²) in [5.74, 6) is 0.563. The van der Waals surface area contributed by atoms with Crippen LogP contribution in [0.3, 0.4) is 0 Å². The Labute approximate surface area is 148 Å². The summed E-state index contributed by atoms with van der Waals surface area (Å²) in [4.78, 5) is 12.9. The number of hydrogen-bond acceptors (Lipinski definition) is 3. The zero-order valence-corrected chi connectivity index (χ0v) is 15.4. The SMILES string of the molecule is CCCCCc1ccc(OC(=O)NSc2ccc(C)cc2C)cc1. The van der Waals surface area contributed by atoms with Crippen LogP contribution >= 0.6 is 11.9 Å². The van der Waals surface area contributed by atoms with Crippen molar-refractivity contribution in [1.82, 2.24) is 4.72 Å². The lowest BCUT2D eigenvalue weighted by atomic mass is 10.1. The van der Waals surface area contributed by atoms with Crippen molar-refractivity contribution in [3.05, 3.63) is 59.2 Å². The van der Waals surface area contributed by atoms with Crippen LogP contribution in [0.5, 0.6) is 5.75 Å². The summed E-state index contributed by atoms with van der Waals surface area (Å²) in [6, 6.07) is 13.9. The molecule has 24 heavy (non-hydrogen) atoms. The summed E-state index contributed by atoms with van der Waals surface area (Å²) < 4.78 is 8.03. The minimum Gasteiger partial charge on any atom is -0.410 e. The standard InChI is InChI=1S/C20H25NO2S/c1-4-5-6-7-17-9-11-18(12-10-17)23-20(22)21-24-19-13-8-15(2)14-16(19)3/h8-14H,4-7H2,1-3H3,(H,21,22). The molecule has 1 N–H and O–H groups in total. The highest BCUT2D eigenvalue weighted by molar-refractivity contribution is 7.98. The lowest BCUT2D eigenvalue weighted by molar-refractivity contribution is 0.207. The highest BCUT2D eigenvalue weighted by Gasteiger charge is 2.07. The molecule has 1 amide bonds. The van der Waals surface area contributed by atoms with Crippen molar-refractivity contribution in [1.29, 1.82) is 0 Å². The molecule has 2 aromatic carbocycles. The molecule has 0 heterocycles. The van der Waals surface area contributed by atoms with Crippen molar-refractivity contribution in [3.8, 4) is 5.75 Å². The maximum Gasteiger partial charge on any atom is 0.422 e. The van der Waals surface area contributed by atoms with Crippen LogP contribution in [0.15, 0.2) is 47.4 Å². The third kappa shape index (κ3) is 5.93. The van der Waals surface area contributed by atoms with Gasteiger partial charge in [0.2, 0.25) is 0 Å². The van der Waals surface area contributed by atoms with Gasteiger partial charge < -0.3 is 4.74 Å². The van der Waals surface area contributed by atoms with E-state index in [1.54, 1.807) is 0 Å². The lowest BCUT2D eigenvalue weighted by Gasteiger charge is -2.09. The van der Waals surface area contributed by atoms with E-state index in [0.717, 1.165) is 16.9 Å². The van der Waals surface area contributed by atoms with E-state index in [0.29, 0.717) is 5.75 Å². The minimum absolute atomic E-state index is 0.460. The van der Waals surface area contributed by atoms with Gasteiger partial charge in [-0.25, -0.2) is 4.79 Å². The van der Waals surface area contributed by atoms with Gasteiger partial charge in [-0.05, 0) is 68.0 Å². The number of aryl methyl sites for hydroxylation is 3. The van der Waals surface area contributed by atoms with Crippen molar-refractivity contribution in [3.63, 3.8) is 0 Å². The molecule has 0 unspecified atom stereocenters. The Bertz CT molecular complexity index is 668. The molecule has 0 aliphatic carbocycles. The predicted octanol–water partition coefficient (Wildman–Crippen LogP) is 5.83. The molecule has 128 valence electrons. The number of carbonyl (C=O) groups is 1. The van der Waals surface area contributed by atoms with Gasteiger partial charge in [0.15, 0.2) is 0 Å². The van der Waals surface area contributed by atoms with Crippen LogP contribution < -0.4 is 9.46 Å². The maximum absolute atomic E-state index is 11.9. The molecule has 0 bridgehead atoms. The number of unbranched alkanes of at least 4 members (excludes halogenated alkanes) is 2. The quantitative estimate of drug-likeness (QED) is 0.507. The third-order valence-corrected chi connectivity index (χ3v) is 4.72. The van der Waals surface area contributed by atoms with Crippen LogP contribution in [0.2, 0.25) is 0 Å². The van der Waals surface area contributed by atoms with Gasteiger partial charge in [0, 0.05) is 4.90 Å². The van der Waals surface area contributed by atoms with Crippen LogP contribution in [-0.4, -0.2) is 6.09 Å². The largest absolute Gasteiger partial charge is 0.422 e. The average molecular weight is 343 g/mol. The Kier molecular flexibility index (Phi) is 7.19. The lowest BCUT2D eigenvalue weighted by Crippen LogP contribution is -2.20. The van der Waals surface area contributed by atoms with Crippen LogP contribution in [0.25, 0.3) is 0 Å². The molecule has 0 aliphatic heterocycles. The van der Waals surface area contributed by atoms with E-state index in [4.69, 9.17) is 4.74 Å². The normalized spacial score (nSPS) is 10.5. The summed E-state index contributed by atoms with van der Waals surface area (Å²) >= 11 is 1.28. The van der Waals surface area contributed by atoms with Gasteiger partial charge in [0.25, 0.3) is 0 Å². The number of amides is 1. The Morgan fingerprint density at radius 2 is 1.83 bits per heavy atom. The summed E-state index contributed by atoms with van der Waals surface area (Å²) in [5.41, 5.74) is 3.62. The van der Waals surface area contributed by atoms with Crippen molar-refractivity contribution in [2.75, 3.05) is 0 Å². The summed E-state index contributed by atoms with van der Waals surface area (Å²) in [6.45, 7) is 6.28. The first-order valence-electron chi connectivity index (χ1n) is 8.39. The number of carbonyl (C=O) groups excluding carboxylic acids is 1. The summed E-state index contributed by atoms with van der Waals surface area (Å²) in [6.07, 6.45) is 4.28. The molecule has 2 rings (SSSR count). The van der Waals surface area contributed by atoms with E-state index in [-0.39, 0.29) is 0 Å². The van der Waals surface area contributed by atoms with Crippen molar-refractivity contribution < 1.29 is 9.53 Å². The zero-order chi connectivity index (χ0) is 17.4. The smallest absolute Gasteiger partial charge is 0.410 e. The van der Waals surface area contributed by atoms with Gasteiger partial charge in [-0.15, -0.1) is 0 Å². The highest BCUT2D eigenvalue weighted by atomic mass is 32.2. The van der Waals surface area contributed by atoms with Crippen molar-refractivity contribution in [2.24, 2.45) is 0 Å². The van der Waals surface area contributed by atoms with Crippen molar-refractivity contribution >= 4 is 18.0 Å². The number of nitrogens with one attached hydrogen (secondary N) is 1. The monoisotopic (exact) mass is 343 g/mol. The Morgan fingerprint density at radius 1 is 1.08 bits per heavy atom. The number of benzene rings is 2. The average Bonchev–Trinajstić information content (AvgIpc) is 2.56. The second-order valence-corrected chi connectivity index (χ2v) is 6.81. The number of ether oxygens (including phenoxy) is 1. The first-order chi connectivity index (χ1) is 11.6. The molecular weight excluding hydrogens is 318 g/mol. The van der Waals surface area contributed by atoms with E-state index in [9.17, 15) is 4.79 Å². The van der Waals surface area contributed by atoms with Crippen LogP contribution in [-0.2, 0) is 6.42 Å². The van der Waals surface area contributed by atoms with Gasteiger partial charge in [-0.3, -0.25) is 4.72 Å². The Balaban J connectivity index is 1.81. The van der Waals surface area contributed by atoms with E-state index in [1.807, 2.05) is 43.3 Å².